The van der Waals surface area contributed by atoms with E-state index in [-0.39, 0.29) is 0 Å². The summed E-state index contributed by atoms with van der Waals surface area (Å²) in [5.41, 5.74) is -0.173. The van der Waals surface area contributed by atoms with Gasteiger partial charge in [-0.2, -0.15) is 5.26 Å². The normalized spacial score (nSPS) is 15.8. The van der Waals surface area contributed by atoms with E-state index < -0.39 is 11.2 Å². The molecule has 0 unspecified atom stereocenters. The molecule has 2 aromatic heterocycles. The van der Waals surface area contributed by atoms with E-state index in [9.17, 15) is 9.59 Å². The van der Waals surface area contributed by atoms with Crippen LogP contribution in [0.2, 0.25) is 0 Å². The van der Waals surface area contributed by atoms with Crippen molar-refractivity contribution in [3.8, 4) is 6.07 Å². The number of likely N-dealkylation sites (tertiary alicyclic amines) is 1. The minimum absolute atomic E-state index is 0.292. The second-order valence-corrected chi connectivity index (χ2v) is 5.92. The molecule has 122 valence electrons. The Morgan fingerprint density at radius 1 is 1.26 bits per heavy atom. The molecule has 1 fully saturated rings. The zero-order valence-corrected chi connectivity index (χ0v) is 13.2. The van der Waals surface area contributed by atoms with Crippen LogP contribution in [-0.2, 0) is 20.1 Å². The second kappa shape index (κ2) is 6.38. The molecule has 8 nitrogen and oxygen atoms in total. The summed E-state index contributed by atoms with van der Waals surface area (Å²) < 4.78 is 3.13. The standard InChI is InChI=1S/C15H20N6O2/c1-19-13-12(14(22)18-15(19)23)21(9-5-6-16)11(17-13)10-20-7-3-2-4-8-20/h2-5,7-10H2,1H3,(H,18,22,23). The van der Waals surface area contributed by atoms with E-state index in [1.165, 1.54) is 11.0 Å². The number of fused-ring (bicyclic) bond motifs is 1. The lowest BCUT2D eigenvalue weighted by Crippen LogP contribution is -2.31. The fourth-order valence-corrected chi connectivity index (χ4v) is 3.12. The van der Waals surface area contributed by atoms with Gasteiger partial charge in [-0.15, -0.1) is 0 Å². The summed E-state index contributed by atoms with van der Waals surface area (Å²) in [6.45, 7) is 3.05. The fourth-order valence-electron chi connectivity index (χ4n) is 3.12. The third-order valence-corrected chi connectivity index (χ3v) is 4.35. The molecule has 2 aromatic rings. The number of aromatic nitrogens is 4. The number of aryl methyl sites for hydroxylation is 2. The van der Waals surface area contributed by atoms with Crippen molar-refractivity contribution >= 4 is 11.2 Å². The number of rotatable bonds is 4. The van der Waals surface area contributed by atoms with Gasteiger partial charge in [0.15, 0.2) is 11.2 Å². The van der Waals surface area contributed by atoms with Crippen LogP contribution in [0.1, 0.15) is 31.5 Å². The van der Waals surface area contributed by atoms with Crippen molar-refractivity contribution in [3.63, 3.8) is 0 Å². The van der Waals surface area contributed by atoms with E-state index in [2.05, 4.69) is 20.9 Å². The lowest BCUT2D eigenvalue weighted by molar-refractivity contribution is 0.213. The van der Waals surface area contributed by atoms with Crippen molar-refractivity contribution in [2.24, 2.45) is 7.05 Å². The van der Waals surface area contributed by atoms with Gasteiger partial charge < -0.3 is 4.57 Å². The summed E-state index contributed by atoms with van der Waals surface area (Å²) in [6, 6.07) is 2.10. The molecule has 0 radical (unpaired) electrons. The van der Waals surface area contributed by atoms with Crippen molar-refractivity contribution in [3.05, 3.63) is 26.7 Å². The van der Waals surface area contributed by atoms with Crippen LogP contribution < -0.4 is 11.2 Å². The van der Waals surface area contributed by atoms with Gasteiger partial charge in [0.25, 0.3) is 5.56 Å². The third-order valence-electron chi connectivity index (χ3n) is 4.35. The van der Waals surface area contributed by atoms with E-state index in [0.717, 1.165) is 31.8 Å². The first-order chi connectivity index (χ1) is 11.1. The highest BCUT2D eigenvalue weighted by Crippen LogP contribution is 2.16. The zero-order valence-electron chi connectivity index (χ0n) is 13.2. The highest BCUT2D eigenvalue weighted by Gasteiger charge is 2.19. The molecule has 0 atom stereocenters. The lowest BCUT2D eigenvalue weighted by atomic mass is 10.1. The van der Waals surface area contributed by atoms with E-state index in [1.807, 2.05) is 0 Å². The summed E-state index contributed by atoms with van der Waals surface area (Å²) >= 11 is 0. The van der Waals surface area contributed by atoms with Crippen molar-refractivity contribution in [2.75, 3.05) is 13.1 Å². The molecule has 0 aromatic carbocycles. The van der Waals surface area contributed by atoms with Crippen LogP contribution in [0.25, 0.3) is 11.2 Å². The number of imidazole rings is 1. The predicted molar refractivity (Wildman–Crippen MR) is 85.0 cm³/mol. The van der Waals surface area contributed by atoms with Crippen LogP contribution in [0, 0.1) is 11.3 Å². The molecule has 8 heteroatoms. The van der Waals surface area contributed by atoms with Crippen LogP contribution in [0.3, 0.4) is 0 Å². The molecule has 0 bridgehead atoms. The quantitative estimate of drug-likeness (QED) is 0.876. The average Bonchev–Trinajstić information content (AvgIpc) is 2.90. The van der Waals surface area contributed by atoms with Gasteiger partial charge >= 0.3 is 5.69 Å². The fraction of sp³-hybridized carbons (Fsp3) is 0.600. The van der Waals surface area contributed by atoms with Crippen molar-refractivity contribution < 1.29 is 0 Å². The highest BCUT2D eigenvalue weighted by atomic mass is 16.2. The Kier molecular flexibility index (Phi) is 4.30. The molecule has 3 rings (SSSR count). The number of nitriles is 1. The van der Waals surface area contributed by atoms with Gasteiger partial charge in [0.2, 0.25) is 0 Å². The molecule has 1 aliphatic rings. The molecule has 3 heterocycles. The Bertz CT molecular complexity index is 863. The van der Waals surface area contributed by atoms with E-state index in [4.69, 9.17) is 5.26 Å². The third kappa shape index (κ3) is 2.92. The Morgan fingerprint density at radius 2 is 2.00 bits per heavy atom. The summed E-state index contributed by atoms with van der Waals surface area (Å²) in [5.74, 6) is 0.740. The van der Waals surface area contributed by atoms with Crippen LogP contribution in [-0.4, -0.2) is 37.1 Å². The van der Waals surface area contributed by atoms with Gasteiger partial charge in [0, 0.05) is 13.6 Å². The van der Waals surface area contributed by atoms with E-state index >= 15 is 0 Å². The molecular weight excluding hydrogens is 296 g/mol. The number of hydrogen-bond acceptors (Lipinski definition) is 5. The minimum Gasteiger partial charge on any atom is -0.320 e. The maximum absolute atomic E-state index is 12.2. The SMILES string of the molecule is Cn1c(=O)[nH]c(=O)c2c1nc(CN1CCCCC1)n2CCC#N. The van der Waals surface area contributed by atoms with Crippen molar-refractivity contribution in [1.82, 2.24) is 24.0 Å². The Labute approximate surface area is 133 Å². The van der Waals surface area contributed by atoms with E-state index in [0.29, 0.717) is 30.7 Å². The summed E-state index contributed by atoms with van der Waals surface area (Å²) in [4.78, 5) is 33.1. The molecule has 23 heavy (non-hydrogen) atoms. The monoisotopic (exact) mass is 316 g/mol. The number of piperidine rings is 1. The van der Waals surface area contributed by atoms with Crippen molar-refractivity contribution in [1.29, 1.82) is 5.26 Å². The van der Waals surface area contributed by atoms with E-state index in [1.54, 1.807) is 11.6 Å². The maximum Gasteiger partial charge on any atom is 0.329 e. The minimum atomic E-state index is -0.475. The van der Waals surface area contributed by atoms with Gasteiger partial charge in [-0.05, 0) is 25.9 Å². The van der Waals surface area contributed by atoms with Gasteiger partial charge in [0.05, 0.1) is 19.0 Å². The number of nitrogens with zero attached hydrogens (tertiary/aromatic N) is 5. The van der Waals surface area contributed by atoms with Gasteiger partial charge in [-0.25, -0.2) is 9.78 Å². The highest BCUT2D eigenvalue weighted by molar-refractivity contribution is 5.70. The molecule has 1 N–H and O–H groups in total. The summed E-state index contributed by atoms with van der Waals surface area (Å²) in [5, 5.41) is 8.88. The topological polar surface area (TPSA) is 99.7 Å². The molecule has 1 saturated heterocycles. The summed E-state index contributed by atoms with van der Waals surface area (Å²) in [6.07, 6.45) is 3.87. The predicted octanol–water partition coefficient (Wildman–Crippen LogP) is 0.323. The molecule has 1 aliphatic heterocycles. The lowest BCUT2D eigenvalue weighted by Gasteiger charge is -2.26. The number of nitrogens with one attached hydrogen (secondary N) is 1. The van der Waals surface area contributed by atoms with Crippen LogP contribution >= 0.6 is 0 Å². The first kappa shape index (κ1) is 15.5. The van der Waals surface area contributed by atoms with Crippen molar-refractivity contribution in [2.45, 2.75) is 38.8 Å². The van der Waals surface area contributed by atoms with Gasteiger partial charge in [-0.3, -0.25) is 19.2 Å². The largest absolute Gasteiger partial charge is 0.329 e. The Hall–Kier alpha value is -2.40. The second-order valence-electron chi connectivity index (χ2n) is 5.92. The molecule has 0 saturated carbocycles. The number of H-pyrrole nitrogens is 1. The first-order valence-corrected chi connectivity index (χ1v) is 7.89. The maximum atomic E-state index is 12.2. The first-order valence-electron chi connectivity index (χ1n) is 7.89. The molecule has 0 amide bonds. The van der Waals surface area contributed by atoms with Crippen LogP contribution in [0.15, 0.2) is 9.59 Å². The summed E-state index contributed by atoms with van der Waals surface area (Å²) in [7, 11) is 1.59. The molecule has 0 spiro atoms. The van der Waals surface area contributed by atoms with Gasteiger partial charge in [0.1, 0.15) is 5.82 Å². The molecule has 0 aliphatic carbocycles. The number of hydrogen-bond donors (Lipinski definition) is 1. The molecular formula is C15H20N6O2. The van der Waals surface area contributed by atoms with Crippen LogP contribution in [0.5, 0.6) is 0 Å². The zero-order chi connectivity index (χ0) is 16.4. The number of aromatic amines is 1. The Balaban J connectivity index is 2.10. The Morgan fingerprint density at radius 3 is 2.70 bits per heavy atom. The average molecular weight is 316 g/mol. The van der Waals surface area contributed by atoms with Crippen LogP contribution in [0.4, 0.5) is 0 Å². The van der Waals surface area contributed by atoms with Gasteiger partial charge in [-0.1, -0.05) is 6.42 Å². The smallest absolute Gasteiger partial charge is 0.320 e.